The predicted molar refractivity (Wildman–Crippen MR) is 93.9 cm³/mol. The van der Waals surface area contributed by atoms with E-state index in [4.69, 9.17) is 0 Å². The molecule has 3 saturated heterocycles. The van der Waals surface area contributed by atoms with E-state index >= 15 is 0 Å². The maximum Gasteiger partial charge on any atom is 0.342 e. The molecule has 5 nitrogen and oxygen atoms in total. The van der Waals surface area contributed by atoms with Crippen molar-refractivity contribution in [1.82, 2.24) is 20.0 Å². The molecule has 0 saturated carbocycles. The van der Waals surface area contributed by atoms with Gasteiger partial charge in [0.15, 0.2) is 0 Å². The summed E-state index contributed by atoms with van der Waals surface area (Å²) in [5, 5.41) is 7.44. The van der Waals surface area contributed by atoms with Crippen molar-refractivity contribution in [3.05, 3.63) is 42.2 Å². The van der Waals surface area contributed by atoms with Gasteiger partial charge in [0.1, 0.15) is 0 Å². The first-order valence-electron chi connectivity index (χ1n) is 8.83. The normalized spacial score (nSPS) is 26.1. The molecule has 1 amide bonds. The quantitative estimate of drug-likeness (QED) is 0.924. The van der Waals surface area contributed by atoms with Gasteiger partial charge < -0.3 is 10.2 Å². The zero-order valence-electron chi connectivity index (χ0n) is 14.1. The third kappa shape index (κ3) is 3.08. The van der Waals surface area contributed by atoms with Crippen molar-refractivity contribution in [3.8, 4) is 11.1 Å². The minimum Gasteiger partial charge on any atom is -0.332 e. The van der Waals surface area contributed by atoms with Crippen LogP contribution in [0.4, 0.5) is 4.79 Å². The molecule has 0 radical (unpaired) electrons. The molecule has 2 aromatic rings. The monoisotopic (exact) mass is 324 g/mol. The Morgan fingerprint density at radius 3 is 2.83 bits per heavy atom. The average Bonchev–Trinajstić information content (AvgIpc) is 2.90. The van der Waals surface area contributed by atoms with Crippen LogP contribution < -0.4 is 5.32 Å². The smallest absolute Gasteiger partial charge is 0.332 e. The molecule has 5 heteroatoms. The second-order valence-electron chi connectivity index (χ2n) is 7.11. The standard InChI is InChI=1S/C19H24N4O/c1-14-4-2-3-5-18(14)16-11-20-23(12-16)19(24)21-17-10-15-6-8-22(13-17)9-7-15/h2-5,11-12,15,17H,6-10,13H2,1H3,(H,21,24). The summed E-state index contributed by atoms with van der Waals surface area (Å²) in [5.41, 5.74) is 3.29. The van der Waals surface area contributed by atoms with Gasteiger partial charge in [0.25, 0.3) is 0 Å². The molecule has 0 aliphatic carbocycles. The number of nitrogens with zero attached hydrogens (tertiary/aromatic N) is 3. The molecule has 3 aliphatic rings. The lowest BCUT2D eigenvalue weighted by Crippen LogP contribution is -2.43. The van der Waals surface area contributed by atoms with Gasteiger partial charge in [0.2, 0.25) is 0 Å². The molecular weight excluding hydrogens is 300 g/mol. The molecular formula is C19H24N4O. The van der Waals surface area contributed by atoms with Crippen LogP contribution in [-0.4, -0.2) is 46.4 Å². The summed E-state index contributed by atoms with van der Waals surface area (Å²) in [6.45, 7) is 5.39. The van der Waals surface area contributed by atoms with E-state index in [0.717, 1.165) is 30.0 Å². The number of amides is 1. The fraction of sp³-hybridized carbons (Fsp3) is 0.474. The second kappa shape index (κ2) is 6.40. The first-order chi connectivity index (χ1) is 11.7. The maximum absolute atomic E-state index is 12.6. The molecule has 4 heterocycles. The fourth-order valence-electron chi connectivity index (χ4n) is 4.01. The largest absolute Gasteiger partial charge is 0.342 e. The highest BCUT2D eigenvalue weighted by Crippen LogP contribution is 2.27. The number of hydrogen-bond donors (Lipinski definition) is 1. The highest BCUT2D eigenvalue weighted by molar-refractivity contribution is 5.78. The lowest BCUT2D eigenvalue weighted by Gasteiger charge is -2.26. The first-order valence-corrected chi connectivity index (χ1v) is 8.83. The molecule has 1 N–H and O–H groups in total. The number of hydrogen-bond acceptors (Lipinski definition) is 3. The Labute approximate surface area is 142 Å². The van der Waals surface area contributed by atoms with Gasteiger partial charge in [0.05, 0.1) is 6.20 Å². The number of fused-ring (bicyclic) bond motifs is 4. The number of carbonyl (C=O) groups is 1. The number of benzene rings is 1. The van der Waals surface area contributed by atoms with E-state index in [2.05, 4.69) is 34.4 Å². The Balaban J connectivity index is 1.46. The minimum absolute atomic E-state index is 0.123. The number of carbonyl (C=O) groups excluding carboxylic acids is 1. The first kappa shape index (κ1) is 15.4. The predicted octanol–water partition coefficient (Wildman–Crippen LogP) is 2.90. The van der Waals surface area contributed by atoms with E-state index in [9.17, 15) is 4.79 Å². The van der Waals surface area contributed by atoms with Crippen molar-refractivity contribution in [1.29, 1.82) is 0 Å². The van der Waals surface area contributed by atoms with E-state index in [1.54, 1.807) is 6.20 Å². The topological polar surface area (TPSA) is 50.2 Å². The van der Waals surface area contributed by atoms with Gasteiger partial charge in [-0.05, 0) is 56.3 Å². The van der Waals surface area contributed by atoms with Crippen LogP contribution in [0.1, 0.15) is 24.8 Å². The molecule has 3 fully saturated rings. The van der Waals surface area contributed by atoms with Crippen molar-refractivity contribution in [3.63, 3.8) is 0 Å². The molecule has 0 spiro atoms. The summed E-state index contributed by atoms with van der Waals surface area (Å²) < 4.78 is 1.43. The fourth-order valence-corrected chi connectivity index (χ4v) is 4.01. The van der Waals surface area contributed by atoms with Crippen LogP contribution in [0.2, 0.25) is 0 Å². The van der Waals surface area contributed by atoms with E-state index in [1.807, 2.05) is 18.3 Å². The van der Waals surface area contributed by atoms with Crippen LogP contribution in [0, 0.1) is 12.8 Å². The van der Waals surface area contributed by atoms with Gasteiger partial charge in [-0.1, -0.05) is 24.3 Å². The molecule has 2 bridgehead atoms. The van der Waals surface area contributed by atoms with Gasteiger partial charge in [0, 0.05) is 24.3 Å². The lowest BCUT2D eigenvalue weighted by molar-refractivity contribution is 0.216. The third-order valence-corrected chi connectivity index (χ3v) is 5.38. The molecule has 3 aliphatic heterocycles. The molecule has 5 rings (SSSR count). The van der Waals surface area contributed by atoms with Gasteiger partial charge in [-0.15, -0.1) is 0 Å². The van der Waals surface area contributed by atoms with Crippen molar-refractivity contribution in [2.24, 2.45) is 5.92 Å². The number of piperidine rings is 1. The number of nitrogens with one attached hydrogen (secondary N) is 1. The van der Waals surface area contributed by atoms with E-state index in [0.29, 0.717) is 0 Å². The molecule has 126 valence electrons. The Hall–Kier alpha value is -2.14. The summed E-state index contributed by atoms with van der Waals surface area (Å²) in [5.74, 6) is 0.759. The maximum atomic E-state index is 12.6. The van der Waals surface area contributed by atoms with Crippen molar-refractivity contribution >= 4 is 6.03 Å². The average molecular weight is 324 g/mol. The molecule has 1 aromatic heterocycles. The van der Waals surface area contributed by atoms with Crippen LogP contribution in [-0.2, 0) is 0 Å². The van der Waals surface area contributed by atoms with E-state index in [-0.39, 0.29) is 12.1 Å². The third-order valence-electron chi connectivity index (χ3n) is 5.38. The highest BCUT2D eigenvalue weighted by Gasteiger charge is 2.30. The Kier molecular flexibility index (Phi) is 4.10. The van der Waals surface area contributed by atoms with Crippen LogP contribution >= 0.6 is 0 Å². The van der Waals surface area contributed by atoms with Crippen LogP contribution in [0.15, 0.2) is 36.7 Å². The zero-order valence-corrected chi connectivity index (χ0v) is 14.1. The highest BCUT2D eigenvalue weighted by atomic mass is 16.2. The Bertz CT molecular complexity index is 716. The van der Waals surface area contributed by atoms with Crippen molar-refractivity contribution in [2.75, 3.05) is 19.6 Å². The van der Waals surface area contributed by atoms with Crippen LogP contribution in [0.3, 0.4) is 0 Å². The molecule has 1 aromatic carbocycles. The number of aromatic nitrogens is 2. The van der Waals surface area contributed by atoms with Gasteiger partial charge >= 0.3 is 6.03 Å². The summed E-state index contributed by atoms with van der Waals surface area (Å²) >= 11 is 0. The number of rotatable bonds is 2. The van der Waals surface area contributed by atoms with E-state index in [1.165, 1.54) is 36.2 Å². The lowest BCUT2D eigenvalue weighted by atomic mass is 9.94. The SMILES string of the molecule is Cc1ccccc1-c1cnn(C(=O)NC2CC3CCN(CC3)C2)c1. The van der Waals surface area contributed by atoms with Gasteiger partial charge in [-0.2, -0.15) is 9.78 Å². The van der Waals surface area contributed by atoms with Crippen molar-refractivity contribution < 1.29 is 4.79 Å². The zero-order chi connectivity index (χ0) is 16.5. The minimum atomic E-state index is -0.123. The van der Waals surface area contributed by atoms with Gasteiger partial charge in [-0.25, -0.2) is 4.79 Å². The summed E-state index contributed by atoms with van der Waals surface area (Å²) in [7, 11) is 0. The van der Waals surface area contributed by atoms with E-state index < -0.39 is 0 Å². The molecule has 1 atom stereocenters. The second-order valence-corrected chi connectivity index (χ2v) is 7.11. The summed E-state index contributed by atoms with van der Waals surface area (Å²) in [4.78, 5) is 15.0. The summed E-state index contributed by atoms with van der Waals surface area (Å²) in [6.07, 6.45) is 7.22. The van der Waals surface area contributed by atoms with Gasteiger partial charge in [-0.3, -0.25) is 0 Å². The molecule has 24 heavy (non-hydrogen) atoms. The molecule has 1 unspecified atom stereocenters. The Morgan fingerprint density at radius 1 is 1.25 bits per heavy atom. The summed E-state index contributed by atoms with van der Waals surface area (Å²) in [6, 6.07) is 8.27. The Morgan fingerprint density at radius 2 is 2.04 bits per heavy atom. The van der Waals surface area contributed by atoms with Crippen LogP contribution in [0.25, 0.3) is 11.1 Å². The number of aryl methyl sites for hydroxylation is 1. The van der Waals surface area contributed by atoms with Crippen LogP contribution in [0.5, 0.6) is 0 Å². The van der Waals surface area contributed by atoms with Crippen molar-refractivity contribution in [2.45, 2.75) is 32.2 Å².